The molecule has 0 aliphatic heterocycles. The monoisotopic (exact) mass is 280 g/mol. The van der Waals surface area contributed by atoms with Crippen LogP contribution in [-0.2, 0) is 0 Å². The topological polar surface area (TPSA) is 15.3 Å². The SMILES string of the molecule is CNC(C)CCCN(C1CCCCC1)C1CCCCC1. The quantitative estimate of drug-likeness (QED) is 0.746. The van der Waals surface area contributed by atoms with Gasteiger partial charge in [0.15, 0.2) is 0 Å². The predicted molar refractivity (Wildman–Crippen MR) is 88.2 cm³/mol. The van der Waals surface area contributed by atoms with Gasteiger partial charge >= 0.3 is 0 Å². The summed E-state index contributed by atoms with van der Waals surface area (Å²) in [5, 5.41) is 3.38. The first-order chi connectivity index (χ1) is 9.81. The standard InChI is InChI=1S/C18H36N2/c1-16(19-2)10-9-15-20(17-11-5-3-6-12-17)18-13-7-4-8-14-18/h16-19H,3-15H2,1-2H3. The van der Waals surface area contributed by atoms with Crippen LogP contribution in [0.25, 0.3) is 0 Å². The zero-order valence-corrected chi connectivity index (χ0v) is 13.9. The van der Waals surface area contributed by atoms with Gasteiger partial charge in [0.05, 0.1) is 0 Å². The first-order valence-electron chi connectivity index (χ1n) is 9.24. The van der Waals surface area contributed by atoms with Gasteiger partial charge < -0.3 is 5.32 Å². The van der Waals surface area contributed by atoms with Gasteiger partial charge in [0, 0.05) is 18.1 Å². The highest BCUT2D eigenvalue weighted by Gasteiger charge is 2.28. The highest BCUT2D eigenvalue weighted by atomic mass is 15.2. The Bertz CT molecular complexity index is 224. The Morgan fingerprint density at radius 3 is 1.85 bits per heavy atom. The van der Waals surface area contributed by atoms with Gasteiger partial charge in [0.1, 0.15) is 0 Å². The van der Waals surface area contributed by atoms with E-state index in [1.54, 1.807) is 0 Å². The van der Waals surface area contributed by atoms with Gasteiger partial charge in [-0.15, -0.1) is 0 Å². The van der Waals surface area contributed by atoms with Crippen LogP contribution in [0.15, 0.2) is 0 Å². The zero-order chi connectivity index (χ0) is 14.2. The molecule has 2 fully saturated rings. The Balaban J connectivity index is 1.84. The van der Waals surface area contributed by atoms with E-state index < -0.39 is 0 Å². The molecule has 0 saturated heterocycles. The molecule has 0 spiro atoms. The maximum Gasteiger partial charge on any atom is 0.00981 e. The van der Waals surface area contributed by atoms with Gasteiger partial charge in [-0.2, -0.15) is 0 Å². The average molecular weight is 280 g/mol. The van der Waals surface area contributed by atoms with Crippen molar-refractivity contribution in [1.82, 2.24) is 10.2 Å². The summed E-state index contributed by atoms with van der Waals surface area (Å²) in [6, 6.07) is 2.50. The Morgan fingerprint density at radius 2 is 1.40 bits per heavy atom. The van der Waals surface area contributed by atoms with E-state index in [1.165, 1.54) is 83.6 Å². The Hall–Kier alpha value is -0.0800. The van der Waals surface area contributed by atoms with Gasteiger partial charge in [-0.3, -0.25) is 4.90 Å². The maximum absolute atomic E-state index is 3.38. The average Bonchev–Trinajstić information content (AvgIpc) is 2.53. The van der Waals surface area contributed by atoms with E-state index in [0.29, 0.717) is 6.04 Å². The van der Waals surface area contributed by atoms with E-state index in [1.807, 2.05) is 0 Å². The lowest BCUT2D eigenvalue weighted by Gasteiger charge is -2.42. The lowest BCUT2D eigenvalue weighted by molar-refractivity contribution is 0.0783. The largest absolute Gasteiger partial charge is 0.317 e. The van der Waals surface area contributed by atoms with E-state index in [-0.39, 0.29) is 0 Å². The summed E-state index contributed by atoms with van der Waals surface area (Å²) in [4.78, 5) is 2.95. The number of nitrogens with one attached hydrogen (secondary N) is 1. The molecule has 0 amide bonds. The highest BCUT2D eigenvalue weighted by molar-refractivity contribution is 4.84. The van der Waals surface area contributed by atoms with E-state index >= 15 is 0 Å². The molecule has 2 rings (SSSR count). The van der Waals surface area contributed by atoms with Crippen molar-refractivity contribution in [1.29, 1.82) is 0 Å². The Kier molecular flexibility index (Phi) is 7.37. The first kappa shape index (κ1) is 16.3. The van der Waals surface area contributed by atoms with Crippen LogP contribution < -0.4 is 5.32 Å². The third kappa shape index (κ3) is 5.04. The van der Waals surface area contributed by atoms with E-state index in [2.05, 4.69) is 24.2 Å². The molecule has 0 bridgehead atoms. The second-order valence-electron chi connectivity index (χ2n) is 7.15. The molecule has 20 heavy (non-hydrogen) atoms. The van der Waals surface area contributed by atoms with Crippen LogP contribution in [0.1, 0.15) is 84.0 Å². The summed E-state index contributed by atoms with van der Waals surface area (Å²) in [6.07, 6.45) is 17.4. The second-order valence-corrected chi connectivity index (χ2v) is 7.15. The lowest BCUT2D eigenvalue weighted by atomic mass is 9.88. The van der Waals surface area contributed by atoms with Gasteiger partial charge in [-0.1, -0.05) is 38.5 Å². The zero-order valence-electron chi connectivity index (χ0n) is 13.9. The van der Waals surface area contributed by atoms with Crippen LogP contribution in [0, 0.1) is 0 Å². The third-order valence-electron chi connectivity index (χ3n) is 5.63. The van der Waals surface area contributed by atoms with E-state index in [4.69, 9.17) is 0 Å². The summed E-state index contributed by atoms with van der Waals surface area (Å²) < 4.78 is 0. The number of rotatable bonds is 7. The Morgan fingerprint density at radius 1 is 0.900 bits per heavy atom. The molecule has 0 aromatic rings. The van der Waals surface area contributed by atoms with Gasteiger partial charge in [0.2, 0.25) is 0 Å². The molecule has 1 N–H and O–H groups in total. The summed E-state index contributed by atoms with van der Waals surface area (Å²) >= 11 is 0. The van der Waals surface area contributed by atoms with Crippen molar-refractivity contribution in [3.63, 3.8) is 0 Å². The van der Waals surface area contributed by atoms with Crippen molar-refractivity contribution in [3.8, 4) is 0 Å². The van der Waals surface area contributed by atoms with Crippen molar-refractivity contribution in [2.24, 2.45) is 0 Å². The molecule has 2 nitrogen and oxygen atoms in total. The fourth-order valence-electron chi connectivity index (χ4n) is 4.21. The molecule has 2 saturated carbocycles. The van der Waals surface area contributed by atoms with Crippen LogP contribution in [0.5, 0.6) is 0 Å². The number of hydrogen-bond donors (Lipinski definition) is 1. The predicted octanol–water partition coefficient (Wildman–Crippen LogP) is 4.34. The highest BCUT2D eigenvalue weighted by Crippen LogP contribution is 2.30. The fraction of sp³-hybridized carbons (Fsp3) is 1.00. The van der Waals surface area contributed by atoms with Crippen LogP contribution >= 0.6 is 0 Å². The van der Waals surface area contributed by atoms with E-state index in [0.717, 1.165) is 12.1 Å². The summed E-state index contributed by atoms with van der Waals surface area (Å²) in [6.45, 7) is 3.66. The molecule has 0 radical (unpaired) electrons. The smallest absolute Gasteiger partial charge is 0.00981 e. The third-order valence-corrected chi connectivity index (χ3v) is 5.63. The Labute approximate surface area is 126 Å². The number of hydrogen-bond acceptors (Lipinski definition) is 2. The molecule has 0 aromatic heterocycles. The molecule has 1 atom stereocenters. The van der Waals surface area contributed by atoms with Gasteiger partial charge in [-0.25, -0.2) is 0 Å². The first-order valence-corrected chi connectivity index (χ1v) is 9.24. The molecular formula is C18H36N2. The molecule has 0 heterocycles. The summed E-state index contributed by atoms with van der Waals surface area (Å²) in [7, 11) is 2.09. The minimum atomic E-state index is 0.676. The molecule has 1 unspecified atom stereocenters. The minimum absolute atomic E-state index is 0.676. The van der Waals surface area contributed by atoms with Crippen molar-refractivity contribution in [2.45, 2.75) is 102 Å². The van der Waals surface area contributed by atoms with Crippen molar-refractivity contribution < 1.29 is 0 Å². The number of nitrogens with zero attached hydrogens (tertiary/aromatic N) is 1. The summed E-state index contributed by atoms with van der Waals surface area (Å²) in [5.74, 6) is 0. The fourth-order valence-corrected chi connectivity index (χ4v) is 4.21. The van der Waals surface area contributed by atoms with Gasteiger partial charge in [0.25, 0.3) is 0 Å². The van der Waals surface area contributed by atoms with Gasteiger partial charge in [-0.05, 0) is 59.0 Å². The van der Waals surface area contributed by atoms with Crippen LogP contribution in [-0.4, -0.2) is 36.6 Å². The van der Waals surface area contributed by atoms with Crippen LogP contribution in [0.2, 0.25) is 0 Å². The molecule has 0 aromatic carbocycles. The van der Waals surface area contributed by atoms with Crippen LogP contribution in [0.3, 0.4) is 0 Å². The molecule has 118 valence electrons. The lowest BCUT2D eigenvalue weighted by Crippen LogP contribution is -2.45. The van der Waals surface area contributed by atoms with Crippen molar-refractivity contribution in [2.75, 3.05) is 13.6 Å². The minimum Gasteiger partial charge on any atom is -0.317 e. The maximum atomic E-state index is 3.38. The second kappa shape index (κ2) is 9.04. The van der Waals surface area contributed by atoms with Crippen molar-refractivity contribution >= 4 is 0 Å². The normalized spacial score (nSPS) is 24.1. The molecule has 2 aliphatic carbocycles. The molecule has 2 heteroatoms. The molecule has 2 aliphatic rings. The summed E-state index contributed by atoms with van der Waals surface area (Å²) in [5.41, 5.74) is 0. The van der Waals surface area contributed by atoms with Crippen LogP contribution in [0.4, 0.5) is 0 Å². The molecular weight excluding hydrogens is 244 g/mol. The van der Waals surface area contributed by atoms with E-state index in [9.17, 15) is 0 Å². The van der Waals surface area contributed by atoms with Crippen molar-refractivity contribution in [3.05, 3.63) is 0 Å².